The zero-order valence-electron chi connectivity index (χ0n) is 10.7. The van der Waals surface area contributed by atoms with Gasteiger partial charge in [-0.2, -0.15) is 5.10 Å². The number of aryl methyl sites for hydroxylation is 1. The van der Waals surface area contributed by atoms with Crippen LogP contribution in [0.2, 0.25) is 0 Å². The molecule has 0 spiro atoms. The molecule has 6 heteroatoms. The number of nitrogens with two attached hydrogens (primary N) is 1. The molecule has 1 aromatic carbocycles. The lowest BCUT2D eigenvalue weighted by Crippen LogP contribution is -2.01. The maximum absolute atomic E-state index is 8.71. The fraction of sp³-hybridized carbons (Fsp3) is 0.231. The van der Waals surface area contributed by atoms with E-state index in [-0.39, 0.29) is 13.2 Å². The Hall–Kier alpha value is -2.34. The number of nitrogens with zero attached hydrogens (tertiary/aromatic N) is 3. The van der Waals surface area contributed by atoms with Crippen LogP contribution in [0.5, 0.6) is 5.75 Å². The molecule has 0 radical (unpaired) electrons. The van der Waals surface area contributed by atoms with Crippen molar-refractivity contribution in [2.45, 2.75) is 6.92 Å². The number of rotatable bonds is 5. The van der Waals surface area contributed by atoms with E-state index in [2.05, 4.69) is 10.1 Å². The fourth-order valence-electron chi connectivity index (χ4n) is 1.57. The molecular formula is C13H16N4O2. The first-order chi connectivity index (χ1) is 9.19. The molecule has 0 fully saturated rings. The number of nitrogen functional groups attached to an aromatic ring is 1. The van der Waals surface area contributed by atoms with Crippen LogP contribution in [-0.2, 0) is 0 Å². The number of aliphatic hydroxyl groups excluding tert-OH is 1. The summed E-state index contributed by atoms with van der Waals surface area (Å²) in [6.07, 6.45) is 3.42. The fourth-order valence-corrected chi connectivity index (χ4v) is 1.57. The highest BCUT2D eigenvalue weighted by atomic mass is 16.5. The third-order valence-corrected chi connectivity index (χ3v) is 2.38. The van der Waals surface area contributed by atoms with Gasteiger partial charge >= 0.3 is 0 Å². The van der Waals surface area contributed by atoms with Crippen molar-refractivity contribution in [3.8, 4) is 5.75 Å². The van der Waals surface area contributed by atoms with Crippen molar-refractivity contribution in [3.05, 3.63) is 41.7 Å². The van der Waals surface area contributed by atoms with Gasteiger partial charge in [-0.3, -0.25) is 0 Å². The van der Waals surface area contributed by atoms with Crippen LogP contribution >= 0.6 is 0 Å². The van der Waals surface area contributed by atoms with E-state index >= 15 is 0 Å². The molecule has 0 saturated carbocycles. The van der Waals surface area contributed by atoms with E-state index in [0.717, 1.165) is 11.3 Å². The second-order valence-electron chi connectivity index (χ2n) is 3.97. The number of hydrogen-bond acceptors (Lipinski definition) is 5. The minimum absolute atomic E-state index is 0.0108. The van der Waals surface area contributed by atoms with Crippen LogP contribution in [-0.4, -0.2) is 34.2 Å². The Morgan fingerprint density at radius 2 is 2.37 bits per heavy atom. The predicted octanol–water partition coefficient (Wildman–Crippen LogP) is 1.03. The van der Waals surface area contributed by atoms with E-state index < -0.39 is 0 Å². The van der Waals surface area contributed by atoms with Crippen LogP contribution in [0.25, 0.3) is 0 Å². The number of benzene rings is 1. The first-order valence-corrected chi connectivity index (χ1v) is 5.88. The molecule has 0 bridgehead atoms. The molecule has 3 N–H and O–H groups in total. The average Bonchev–Trinajstić information content (AvgIpc) is 2.73. The van der Waals surface area contributed by atoms with E-state index in [1.807, 2.05) is 31.2 Å². The maximum Gasteiger partial charge on any atom is 0.221 e. The van der Waals surface area contributed by atoms with Crippen molar-refractivity contribution in [2.75, 3.05) is 18.9 Å². The highest BCUT2D eigenvalue weighted by molar-refractivity contribution is 5.80. The molecule has 100 valence electrons. The molecular weight excluding hydrogens is 244 g/mol. The third-order valence-electron chi connectivity index (χ3n) is 2.38. The lowest BCUT2D eigenvalue weighted by molar-refractivity contribution is 0.201. The number of hydrogen-bond donors (Lipinski definition) is 2. The molecule has 2 aromatic rings. The van der Waals surface area contributed by atoms with Crippen molar-refractivity contribution in [1.82, 2.24) is 9.66 Å². The largest absolute Gasteiger partial charge is 0.491 e. The van der Waals surface area contributed by atoms with Crippen LogP contribution in [0.1, 0.15) is 11.3 Å². The normalized spacial score (nSPS) is 11.1. The Kier molecular flexibility index (Phi) is 4.15. The van der Waals surface area contributed by atoms with E-state index in [0.29, 0.717) is 11.7 Å². The van der Waals surface area contributed by atoms with Crippen LogP contribution in [0, 0.1) is 6.92 Å². The molecule has 0 aliphatic carbocycles. The Morgan fingerprint density at radius 1 is 1.53 bits per heavy atom. The molecule has 0 amide bonds. The van der Waals surface area contributed by atoms with Gasteiger partial charge in [0.15, 0.2) is 0 Å². The first kappa shape index (κ1) is 13.1. The average molecular weight is 260 g/mol. The molecule has 0 atom stereocenters. The quantitative estimate of drug-likeness (QED) is 0.786. The molecule has 0 aliphatic rings. The van der Waals surface area contributed by atoms with Crippen LogP contribution in [0.3, 0.4) is 0 Å². The number of ether oxygens (including phenoxy) is 1. The summed E-state index contributed by atoms with van der Waals surface area (Å²) in [6.45, 7) is 2.11. The summed E-state index contributed by atoms with van der Waals surface area (Å²) in [7, 11) is 0. The van der Waals surface area contributed by atoms with Gasteiger partial charge in [0.25, 0.3) is 0 Å². The van der Waals surface area contributed by atoms with Gasteiger partial charge in [0.1, 0.15) is 12.4 Å². The van der Waals surface area contributed by atoms with E-state index in [1.54, 1.807) is 12.4 Å². The van der Waals surface area contributed by atoms with Gasteiger partial charge in [0.05, 0.1) is 24.7 Å². The molecule has 19 heavy (non-hydrogen) atoms. The van der Waals surface area contributed by atoms with Gasteiger partial charge in [-0.05, 0) is 24.6 Å². The summed E-state index contributed by atoms with van der Waals surface area (Å²) in [5.41, 5.74) is 7.38. The molecule has 2 rings (SSSR count). The molecule has 1 aromatic heterocycles. The molecule has 0 saturated heterocycles. The zero-order chi connectivity index (χ0) is 13.7. The van der Waals surface area contributed by atoms with E-state index in [9.17, 15) is 0 Å². The summed E-state index contributed by atoms with van der Waals surface area (Å²) in [6, 6.07) is 7.41. The standard InChI is InChI=1S/C13H16N4O2/c1-10-9-17(13(14)16-10)15-8-11-3-2-4-12(7-11)19-6-5-18/h2-4,7-9,18H,5-6H2,1H3,(H2,14,16). The summed E-state index contributed by atoms with van der Waals surface area (Å²) >= 11 is 0. The Morgan fingerprint density at radius 3 is 3.05 bits per heavy atom. The minimum Gasteiger partial charge on any atom is -0.491 e. The Bertz CT molecular complexity index is 578. The second kappa shape index (κ2) is 6.01. The van der Waals surface area contributed by atoms with Crippen LogP contribution in [0.15, 0.2) is 35.6 Å². The van der Waals surface area contributed by atoms with Gasteiger partial charge in [-0.25, -0.2) is 9.66 Å². The van der Waals surface area contributed by atoms with Crippen LogP contribution < -0.4 is 10.5 Å². The van der Waals surface area contributed by atoms with E-state index in [4.69, 9.17) is 15.6 Å². The smallest absolute Gasteiger partial charge is 0.221 e. The second-order valence-corrected chi connectivity index (χ2v) is 3.97. The van der Waals surface area contributed by atoms with Crippen molar-refractivity contribution < 1.29 is 9.84 Å². The topological polar surface area (TPSA) is 85.7 Å². The molecule has 6 nitrogen and oxygen atoms in total. The summed E-state index contributed by atoms with van der Waals surface area (Å²) in [5.74, 6) is 1.04. The number of aromatic nitrogens is 2. The lowest BCUT2D eigenvalue weighted by atomic mass is 10.2. The Labute approximate surface area is 111 Å². The monoisotopic (exact) mass is 260 g/mol. The predicted molar refractivity (Wildman–Crippen MR) is 73.4 cm³/mol. The van der Waals surface area contributed by atoms with Gasteiger partial charge in [-0.1, -0.05) is 12.1 Å². The maximum atomic E-state index is 8.71. The van der Waals surface area contributed by atoms with Gasteiger partial charge in [0, 0.05) is 0 Å². The first-order valence-electron chi connectivity index (χ1n) is 5.88. The number of aliphatic hydroxyl groups is 1. The van der Waals surface area contributed by atoms with Crippen molar-refractivity contribution in [3.63, 3.8) is 0 Å². The van der Waals surface area contributed by atoms with Gasteiger partial charge in [-0.15, -0.1) is 0 Å². The SMILES string of the molecule is Cc1cn(N=Cc2cccc(OCCO)c2)c(N)n1. The highest BCUT2D eigenvalue weighted by Crippen LogP contribution is 2.12. The van der Waals surface area contributed by atoms with Gasteiger partial charge in [0.2, 0.25) is 5.95 Å². The minimum atomic E-state index is -0.0108. The lowest BCUT2D eigenvalue weighted by Gasteiger charge is -2.04. The van der Waals surface area contributed by atoms with E-state index in [1.165, 1.54) is 4.68 Å². The van der Waals surface area contributed by atoms with Gasteiger partial charge < -0.3 is 15.6 Å². The molecule has 0 unspecified atom stereocenters. The van der Waals surface area contributed by atoms with Crippen LogP contribution in [0.4, 0.5) is 5.95 Å². The van der Waals surface area contributed by atoms with Crippen molar-refractivity contribution >= 4 is 12.2 Å². The molecule has 1 heterocycles. The third kappa shape index (κ3) is 3.56. The van der Waals surface area contributed by atoms with Crippen molar-refractivity contribution in [1.29, 1.82) is 0 Å². The summed E-state index contributed by atoms with van der Waals surface area (Å²) < 4.78 is 6.83. The summed E-state index contributed by atoms with van der Waals surface area (Å²) in [4.78, 5) is 4.06. The number of imidazole rings is 1. The zero-order valence-corrected chi connectivity index (χ0v) is 10.7. The highest BCUT2D eigenvalue weighted by Gasteiger charge is 1.99. The Balaban J connectivity index is 2.12. The molecule has 0 aliphatic heterocycles. The summed E-state index contributed by atoms with van der Waals surface area (Å²) in [5, 5.41) is 12.9. The number of anilines is 1. The van der Waals surface area contributed by atoms with Crippen molar-refractivity contribution in [2.24, 2.45) is 5.10 Å².